The second kappa shape index (κ2) is 8.60. The summed E-state index contributed by atoms with van der Waals surface area (Å²) in [7, 11) is 2.76. The molecule has 0 radical (unpaired) electrons. The van der Waals surface area contributed by atoms with Crippen molar-refractivity contribution >= 4 is 39.0 Å². The summed E-state index contributed by atoms with van der Waals surface area (Å²) in [6, 6.07) is 11.7. The maximum Gasteiger partial charge on any atom is 0.286 e. The number of carbonyl (C=O) groups is 1. The van der Waals surface area contributed by atoms with Gasteiger partial charge in [-0.1, -0.05) is 23.5 Å². The predicted molar refractivity (Wildman–Crippen MR) is 122 cm³/mol. The number of hydrogen-bond acceptors (Lipinski definition) is 8. The Morgan fingerprint density at radius 2 is 1.88 bits per heavy atom. The van der Waals surface area contributed by atoms with Crippen molar-refractivity contribution in [2.75, 3.05) is 19.5 Å². The van der Waals surface area contributed by atoms with E-state index < -0.39 is 10.8 Å². The number of carbonyl (C=O) groups excluding carboxylic acids is 1. The number of methoxy groups -OCH3 is 2. The van der Waals surface area contributed by atoms with E-state index in [1.54, 1.807) is 12.3 Å². The Morgan fingerprint density at radius 1 is 1.12 bits per heavy atom. The lowest BCUT2D eigenvalue weighted by Crippen LogP contribution is -2.15. The molecule has 162 valence electrons. The number of rotatable bonds is 6. The molecule has 4 aromatic rings. The second-order valence-electron chi connectivity index (χ2n) is 6.81. The molecule has 1 N–H and O–H groups in total. The summed E-state index contributed by atoms with van der Waals surface area (Å²) >= 11 is 1.44. The van der Waals surface area contributed by atoms with Gasteiger partial charge in [0, 0.05) is 23.5 Å². The number of fused-ring (bicyclic) bond motifs is 1. The zero-order chi connectivity index (χ0) is 22.8. The first kappa shape index (κ1) is 21.2. The molecule has 9 nitrogen and oxygen atoms in total. The molecule has 0 saturated carbocycles. The van der Waals surface area contributed by atoms with Crippen LogP contribution < -0.4 is 14.8 Å². The molecule has 32 heavy (non-hydrogen) atoms. The smallest absolute Gasteiger partial charge is 0.286 e. The Hall–Kier alpha value is -4.05. The first-order valence-electron chi connectivity index (χ1n) is 9.45. The second-order valence-corrected chi connectivity index (χ2v) is 7.79. The molecule has 0 fully saturated rings. The van der Waals surface area contributed by atoms with Crippen molar-refractivity contribution in [1.29, 1.82) is 0 Å². The first-order valence-corrected chi connectivity index (χ1v) is 10.3. The van der Waals surface area contributed by atoms with Crippen molar-refractivity contribution in [2.24, 2.45) is 0 Å². The molecule has 4 rings (SSSR count). The topological polar surface area (TPSA) is 116 Å². The largest absolute Gasteiger partial charge is 0.493 e. The number of hydrogen-bond donors (Lipinski definition) is 1. The van der Waals surface area contributed by atoms with Crippen LogP contribution in [-0.4, -0.2) is 35.0 Å². The van der Waals surface area contributed by atoms with Crippen LogP contribution in [0.5, 0.6) is 11.5 Å². The fraction of sp³-hybridized carbons (Fsp3) is 0.136. The van der Waals surface area contributed by atoms with E-state index in [0.717, 1.165) is 26.5 Å². The molecule has 1 amide bonds. The van der Waals surface area contributed by atoms with Gasteiger partial charge in [-0.3, -0.25) is 14.9 Å². The lowest BCUT2D eigenvalue weighted by molar-refractivity contribution is -0.385. The van der Waals surface area contributed by atoms with E-state index in [4.69, 9.17) is 9.47 Å². The van der Waals surface area contributed by atoms with Gasteiger partial charge in [0.15, 0.2) is 11.5 Å². The number of anilines is 1. The zero-order valence-corrected chi connectivity index (χ0v) is 18.2. The third kappa shape index (κ3) is 3.95. The molecule has 0 unspecified atom stereocenters. The lowest BCUT2D eigenvalue weighted by atomic mass is 10.1. The van der Waals surface area contributed by atoms with Crippen LogP contribution in [0.2, 0.25) is 0 Å². The monoisotopic (exact) mass is 450 g/mol. The summed E-state index contributed by atoms with van der Waals surface area (Å²) in [5.74, 6) is -0.252. The van der Waals surface area contributed by atoms with Crippen LogP contribution in [-0.2, 0) is 0 Å². The van der Waals surface area contributed by atoms with E-state index >= 15 is 0 Å². The number of aryl methyl sites for hydroxylation is 1. The Labute approximate surface area is 186 Å². The lowest BCUT2D eigenvalue weighted by Gasteiger charge is -2.12. The summed E-state index contributed by atoms with van der Waals surface area (Å²) in [4.78, 5) is 33.7. The third-order valence-corrected chi connectivity index (χ3v) is 5.87. The van der Waals surface area contributed by atoms with Crippen LogP contribution >= 0.6 is 11.3 Å². The maximum atomic E-state index is 13.0. The summed E-state index contributed by atoms with van der Waals surface area (Å²) in [6.45, 7) is 1.84. The van der Waals surface area contributed by atoms with Gasteiger partial charge in [-0.2, -0.15) is 0 Å². The van der Waals surface area contributed by atoms with Crippen molar-refractivity contribution in [3.05, 3.63) is 69.9 Å². The van der Waals surface area contributed by atoms with Gasteiger partial charge in [-0.05, 0) is 30.7 Å². The number of ether oxygens (including phenoxy) is 2. The molecular weight excluding hydrogens is 432 g/mol. The van der Waals surface area contributed by atoms with Gasteiger partial charge in [0.25, 0.3) is 11.6 Å². The SMILES string of the molecule is COc1cc(C(=O)Nc2cc(-c3nc4cccnc4s3)ccc2C)c([N+](=O)[O-])cc1OC. The fourth-order valence-electron chi connectivity index (χ4n) is 3.17. The number of pyridine rings is 1. The van der Waals surface area contributed by atoms with E-state index in [1.165, 1.54) is 37.7 Å². The number of benzene rings is 2. The average molecular weight is 450 g/mol. The minimum Gasteiger partial charge on any atom is -0.493 e. The standard InChI is InChI=1S/C22H18N4O5S/c1-12-6-7-13(21-25-15-5-4-8-23-22(15)32-21)9-16(12)24-20(27)14-10-18(30-2)19(31-3)11-17(14)26(28)29/h4-11H,1-3H3,(H,24,27). The molecule has 0 spiro atoms. The number of thiazole rings is 1. The number of nitrogens with zero attached hydrogens (tertiary/aromatic N) is 3. The summed E-state index contributed by atoms with van der Waals surface area (Å²) in [5.41, 5.74) is 2.39. The zero-order valence-electron chi connectivity index (χ0n) is 17.4. The van der Waals surface area contributed by atoms with E-state index in [2.05, 4.69) is 15.3 Å². The van der Waals surface area contributed by atoms with Crippen LogP contribution in [0, 0.1) is 17.0 Å². The normalized spacial score (nSPS) is 10.7. The molecule has 10 heteroatoms. The Balaban J connectivity index is 1.71. The Bertz CT molecular complexity index is 1320. The van der Waals surface area contributed by atoms with E-state index in [1.807, 2.05) is 31.2 Å². The van der Waals surface area contributed by atoms with Gasteiger partial charge in [-0.15, -0.1) is 0 Å². The molecule has 0 aliphatic carbocycles. The molecule has 0 aliphatic rings. The van der Waals surface area contributed by atoms with Gasteiger partial charge in [-0.25, -0.2) is 9.97 Å². The van der Waals surface area contributed by atoms with Crippen molar-refractivity contribution in [3.63, 3.8) is 0 Å². The fourth-order valence-corrected chi connectivity index (χ4v) is 4.08. The number of amides is 1. The van der Waals surface area contributed by atoms with E-state index in [-0.39, 0.29) is 22.7 Å². The number of nitro groups is 1. The molecule has 0 saturated heterocycles. The third-order valence-electron chi connectivity index (χ3n) is 4.84. The van der Waals surface area contributed by atoms with Crippen LogP contribution in [0.15, 0.2) is 48.7 Å². The molecule has 0 atom stereocenters. The van der Waals surface area contributed by atoms with Gasteiger partial charge in [0.05, 0.1) is 25.2 Å². The molecule has 2 aromatic heterocycles. The summed E-state index contributed by atoms with van der Waals surface area (Å²) in [5, 5.41) is 15.1. The van der Waals surface area contributed by atoms with E-state index in [9.17, 15) is 14.9 Å². The Morgan fingerprint density at radius 3 is 2.56 bits per heavy atom. The van der Waals surface area contributed by atoms with Gasteiger partial charge < -0.3 is 14.8 Å². The van der Waals surface area contributed by atoms with Crippen LogP contribution in [0.3, 0.4) is 0 Å². The van der Waals surface area contributed by atoms with Crippen LogP contribution in [0.25, 0.3) is 20.9 Å². The molecule has 0 bridgehead atoms. The minimum atomic E-state index is -0.635. The van der Waals surface area contributed by atoms with Gasteiger partial charge >= 0.3 is 0 Å². The van der Waals surface area contributed by atoms with Gasteiger partial charge in [0.1, 0.15) is 20.9 Å². The quantitative estimate of drug-likeness (QED) is 0.330. The van der Waals surface area contributed by atoms with Crippen molar-refractivity contribution < 1.29 is 19.2 Å². The highest BCUT2D eigenvalue weighted by atomic mass is 32.1. The highest BCUT2D eigenvalue weighted by Crippen LogP contribution is 2.36. The summed E-state index contributed by atoms with van der Waals surface area (Å²) < 4.78 is 10.3. The summed E-state index contributed by atoms with van der Waals surface area (Å²) in [6.07, 6.45) is 1.71. The number of aromatic nitrogens is 2. The minimum absolute atomic E-state index is 0.137. The van der Waals surface area contributed by atoms with Crippen LogP contribution in [0.4, 0.5) is 11.4 Å². The van der Waals surface area contributed by atoms with E-state index in [0.29, 0.717) is 5.69 Å². The highest BCUT2D eigenvalue weighted by Gasteiger charge is 2.25. The number of nitrogens with one attached hydrogen (secondary N) is 1. The van der Waals surface area contributed by atoms with Crippen molar-refractivity contribution in [3.8, 4) is 22.1 Å². The predicted octanol–water partition coefficient (Wildman–Crippen LogP) is 4.84. The van der Waals surface area contributed by atoms with Gasteiger partial charge in [0.2, 0.25) is 0 Å². The highest BCUT2D eigenvalue weighted by molar-refractivity contribution is 7.21. The molecule has 2 aromatic carbocycles. The average Bonchev–Trinajstić information content (AvgIpc) is 3.23. The molecular formula is C22H18N4O5S. The van der Waals surface area contributed by atoms with Crippen molar-refractivity contribution in [2.45, 2.75) is 6.92 Å². The maximum absolute atomic E-state index is 13.0. The molecule has 0 aliphatic heterocycles. The van der Waals surface area contributed by atoms with Crippen LogP contribution in [0.1, 0.15) is 15.9 Å². The van der Waals surface area contributed by atoms with Crippen molar-refractivity contribution in [1.82, 2.24) is 9.97 Å². The first-order chi connectivity index (χ1) is 15.4. The molecule has 2 heterocycles. The Kier molecular flexibility index (Phi) is 5.69. The number of nitro benzene ring substituents is 1.